The molecule has 0 aromatic carbocycles. The number of alkyl halides is 2. The fourth-order valence-electron chi connectivity index (χ4n) is 0.935. The van der Waals surface area contributed by atoms with Crippen LogP contribution in [0.3, 0.4) is 0 Å². The minimum Gasteiger partial charge on any atom is -0.345 e. The Kier molecular flexibility index (Phi) is 4.39. The lowest BCUT2D eigenvalue weighted by Crippen LogP contribution is -2.29. The Morgan fingerprint density at radius 2 is 2.25 bits per heavy atom. The zero-order chi connectivity index (χ0) is 12.1. The van der Waals surface area contributed by atoms with Crippen LogP contribution in [0.1, 0.15) is 10.5 Å². The minimum atomic E-state index is -2.63. The summed E-state index contributed by atoms with van der Waals surface area (Å²) in [4.78, 5) is 15.1. The Balaban J connectivity index is 2.81. The molecule has 0 atom stereocenters. The van der Waals surface area contributed by atoms with Crippen LogP contribution in [-0.2, 0) is 0 Å². The molecule has 0 saturated heterocycles. The van der Waals surface area contributed by atoms with Crippen LogP contribution in [0.5, 0.6) is 0 Å². The van der Waals surface area contributed by atoms with Crippen LogP contribution >= 0.6 is 11.6 Å². The predicted molar refractivity (Wildman–Crippen MR) is 55.4 cm³/mol. The van der Waals surface area contributed by atoms with Crippen LogP contribution in [0, 0.1) is 0 Å². The van der Waals surface area contributed by atoms with Crippen molar-refractivity contribution in [1.29, 1.82) is 0 Å². The first-order chi connectivity index (χ1) is 7.54. The first-order valence-corrected chi connectivity index (χ1v) is 4.62. The van der Waals surface area contributed by atoms with Gasteiger partial charge in [-0.15, -0.1) is 0 Å². The molecule has 1 amide bonds. The molecular formula is C8H9ClF2N4O. The van der Waals surface area contributed by atoms with Gasteiger partial charge in [-0.3, -0.25) is 4.79 Å². The number of halogens is 3. The molecule has 1 aromatic rings. The summed E-state index contributed by atoms with van der Waals surface area (Å²) in [7, 11) is 0. The van der Waals surface area contributed by atoms with Gasteiger partial charge in [-0.05, 0) is 12.1 Å². The predicted octanol–water partition coefficient (Wildman–Crippen LogP) is 1.02. The van der Waals surface area contributed by atoms with Crippen molar-refractivity contribution in [3.63, 3.8) is 0 Å². The topological polar surface area (TPSA) is 80.0 Å². The number of rotatable bonds is 4. The van der Waals surface area contributed by atoms with Crippen molar-refractivity contribution in [3.05, 3.63) is 22.8 Å². The molecule has 0 aliphatic heterocycles. The molecule has 0 saturated carbocycles. The summed E-state index contributed by atoms with van der Waals surface area (Å²) in [5.74, 6) is 4.52. The maximum atomic E-state index is 11.9. The van der Waals surface area contributed by atoms with Crippen molar-refractivity contribution in [2.24, 2.45) is 5.84 Å². The highest BCUT2D eigenvalue weighted by Gasteiger charge is 2.14. The zero-order valence-corrected chi connectivity index (χ0v) is 8.76. The number of pyridine rings is 1. The Morgan fingerprint density at radius 1 is 1.56 bits per heavy atom. The lowest BCUT2D eigenvalue weighted by molar-refractivity contribution is 0.0887. The zero-order valence-electron chi connectivity index (χ0n) is 8.01. The van der Waals surface area contributed by atoms with E-state index in [1.807, 2.05) is 5.32 Å². The molecule has 0 unspecified atom stereocenters. The number of nitrogens with one attached hydrogen (secondary N) is 2. The summed E-state index contributed by atoms with van der Waals surface area (Å²) in [5, 5.41) is 2.05. The summed E-state index contributed by atoms with van der Waals surface area (Å²) in [5.41, 5.74) is 2.06. The first-order valence-electron chi connectivity index (χ1n) is 4.24. The summed E-state index contributed by atoms with van der Waals surface area (Å²) >= 11 is 5.68. The van der Waals surface area contributed by atoms with E-state index >= 15 is 0 Å². The molecule has 5 nitrogen and oxygen atoms in total. The number of anilines is 1. The highest BCUT2D eigenvalue weighted by molar-refractivity contribution is 6.33. The van der Waals surface area contributed by atoms with Crippen LogP contribution < -0.4 is 16.6 Å². The lowest BCUT2D eigenvalue weighted by Gasteiger charge is -2.07. The van der Waals surface area contributed by atoms with E-state index in [0.29, 0.717) is 0 Å². The monoisotopic (exact) mass is 250 g/mol. The van der Waals surface area contributed by atoms with Gasteiger partial charge in [0.25, 0.3) is 12.3 Å². The summed E-state index contributed by atoms with van der Waals surface area (Å²) in [6.07, 6.45) is -2.63. The maximum absolute atomic E-state index is 11.9. The molecule has 16 heavy (non-hydrogen) atoms. The van der Waals surface area contributed by atoms with Gasteiger partial charge in [-0.25, -0.2) is 19.6 Å². The average Bonchev–Trinajstić information content (AvgIpc) is 2.26. The normalized spacial score (nSPS) is 10.3. The number of nitrogen functional groups attached to an aromatic ring is 1. The van der Waals surface area contributed by atoms with Crippen LogP contribution in [0.2, 0.25) is 5.02 Å². The third-order valence-electron chi connectivity index (χ3n) is 1.63. The highest BCUT2D eigenvalue weighted by atomic mass is 35.5. The number of carbonyl (C=O) groups is 1. The van der Waals surface area contributed by atoms with Gasteiger partial charge >= 0.3 is 0 Å². The molecule has 1 rings (SSSR count). The molecule has 4 N–H and O–H groups in total. The Morgan fingerprint density at radius 3 is 2.81 bits per heavy atom. The molecular weight excluding hydrogens is 242 g/mol. The molecule has 0 radical (unpaired) electrons. The highest BCUT2D eigenvalue weighted by Crippen LogP contribution is 2.16. The summed E-state index contributed by atoms with van der Waals surface area (Å²) < 4.78 is 23.7. The van der Waals surface area contributed by atoms with Crippen LogP contribution in [0.15, 0.2) is 12.1 Å². The molecule has 0 aliphatic carbocycles. The van der Waals surface area contributed by atoms with E-state index in [2.05, 4.69) is 10.4 Å². The van der Waals surface area contributed by atoms with E-state index in [4.69, 9.17) is 17.4 Å². The number of hydrogen-bond acceptors (Lipinski definition) is 4. The number of carbonyl (C=O) groups excluding carboxylic acids is 1. The van der Waals surface area contributed by atoms with Crippen molar-refractivity contribution in [2.75, 3.05) is 12.0 Å². The van der Waals surface area contributed by atoms with Gasteiger partial charge in [0.15, 0.2) is 0 Å². The van der Waals surface area contributed by atoms with E-state index in [1.165, 1.54) is 12.1 Å². The van der Waals surface area contributed by atoms with Gasteiger partial charge in [0.1, 0.15) is 11.5 Å². The molecule has 0 fully saturated rings. The Hall–Kier alpha value is -1.47. The van der Waals surface area contributed by atoms with E-state index < -0.39 is 18.9 Å². The van der Waals surface area contributed by atoms with E-state index in [-0.39, 0.29) is 16.5 Å². The van der Waals surface area contributed by atoms with Crippen LogP contribution in [0.4, 0.5) is 14.6 Å². The average molecular weight is 251 g/mol. The number of amides is 1. The Bertz CT molecular complexity index is 388. The molecule has 0 aliphatic rings. The van der Waals surface area contributed by atoms with Gasteiger partial charge in [-0.1, -0.05) is 11.6 Å². The number of nitrogens with two attached hydrogens (primary N) is 1. The second-order valence-electron chi connectivity index (χ2n) is 2.77. The molecule has 0 spiro atoms. The molecule has 88 valence electrons. The Labute approximate surface area is 95.0 Å². The van der Waals surface area contributed by atoms with Crippen molar-refractivity contribution in [3.8, 4) is 0 Å². The largest absolute Gasteiger partial charge is 0.345 e. The van der Waals surface area contributed by atoms with Crippen molar-refractivity contribution < 1.29 is 13.6 Å². The van der Waals surface area contributed by atoms with Crippen molar-refractivity contribution in [2.45, 2.75) is 6.43 Å². The second-order valence-corrected chi connectivity index (χ2v) is 3.18. The van der Waals surface area contributed by atoms with E-state index in [1.54, 1.807) is 0 Å². The first kappa shape index (κ1) is 12.6. The standard InChI is InChI=1S/C8H9ClF2N4O/c9-4-1-2-6(15-12)14-7(4)8(16)13-3-5(10)11/h1-2,5H,3,12H2,(H,13,16)(H,14,15). The molecule has 1 aromatic heterocycles. The van der Waals surface area contributed by atoms with Gasteiger partial charge in [0, 0.05) is 0 Å². The molecule has 8 heteroatoms. The lowest BCUT2D eigenvalue weighted by atomic mass is 10.3. The SMILES string of the molecule is NNc1ccc(Cl)c(C(=O)NCC(F)F)n1. The number of aromatic nitrogens is 1. The fraction of sp³-hybridized carbons (Fsp3) is 0.250. The number of hydrazine groups is 1. The minimum absolute atomic E-state index is 0.0609. The molecule has 0 bridgehead atoms. The van der Waals surface area contributed by atoms with Gasteiger partial charge in [-0.2, -0.15) is 0 Å². The van der Waals surface area contributed by atoms with Gasteiger partial charge in [0.05, 0.1) is 11.6 Å². The summed E-state index contributed by atoms with van der Waals surface area (Å²) in [6.45, 7) is -0.753. The summed E-state index contributed by atoms with van der Waals surface area (Å²) in [6, 6.07) is 2.84. The van der Waals surface area contributed by atoms with Crippen molar-refractivity contribution in [1.82, 2.24) is 10.3 Å². The number of nitrogens with zero attached hydrogens (tertiary/aromatic N) is 1. The quantitative estimate of drug-likeness (QED) is 0.550. The van der Waals surface area contributed by atoms with Gasteiger partial charge < -0.3 is 10.7 Å². The van der Waals surface area contributed by atoms with Crippen LogP contribution in [0.25, 0.3) is 0 Å². The van der Waals surface area contributed by atoms with Crippen LogP contribution in [-0.4, -0.2) is 23.9 Å². The van der Waals surface area contributed by atoms with E-state index in [0.717, 1.165) is 0 Å². The third-order valence-corrected chi connectivity index (χ3v) is 1.93. The maximum Gasteiger partial charge on any atom is 0.271 e. The van der Waals surface area contributed by atoms with E-state index in [9.17, 15) is 13.6 Å². The fourth-order valence-corrected chi connectivity index (χ4v) is 1.13. The second kappa shape index (κ2) is 5.57. The smallest absolute Gasteiger partial charge is 0.271 e. The third kappa shape index (κ3) is 3.28. The van der Waals surface area contributed by atoms with Crippen molar-refractivity contribution >= 4 is 23.3 Å². The number of hydrogen-bond donors (Lipinski definition) is 3. The molecule has 1 heterocycles. The van der Waals surface area contributed by atoms with Gasteiger partial charge in [0.2, 0.25) is 0 Å².